The van der Waals surface area contributed by atoms with Gasteiger partial charge in [0.1, 0.15) is 12.4 Å². The van der Waals surface area contributed by atoms with Crippen LogP contribution in [0.3, 0.4) is 0 Å². The Morgan fingerprint density at radius 2 is 2.00 bits per heavy atom. The molecule has 0 aliphatic carbocycles. The number of nitrogens with zero attached hydrogens (tertiary/aromatic N) is 4. The Morgan fingerprint density at radius 1 is 1.28 bits per heavy atom. The van der Waals surface area contributed by atoms with Crippen molar-refractivity contribution < 1.29 is 9.63 Å². The van der Waals surface area contributed by atoms with Crippen LogP contribution in [0, 0.1) is 13.8 Å². The molecule has 7 nitrogen and oxygen atoms in total. The van der Waals surface area contributed by atoms with E-state index in [1.165, 1.54) is 10.8 Å². The van der Waals surface area contributed by atoms with E-state index in [9.17, 15) is 9.90 Å². The minimum absolute atomic E-state index is 0.142. The molecule has 0 bridgehead atoms. The fourth-order valence-corrected chi connectivity index (χ4v) is 2.54. The fourth-order valence-electron chi connectivity index (χ4n) is 2.41. The third-order valence-corrected chi connectivity index (χ3v) is 4.10. The molecule has 1 aromatic carbocycles. The monoisotopic (exact) mass is 360 g/mol. The molecule has 25 heavy (non-hydrogen) atoms. The molecule has 0 unspecified atom stereocenters. The Kier molecular flexibility index (Phi) is 4.96. The molecule has 0 saturated heterocycles. The van der Waals surface area contributed by atoms with Crippen molar-refractivity contribution in [3.8, 4) is 0 Å². The molecule has 3 rings (SSSR count). The van der Waals surface area contributed by atoms with Crippen LogP contribution in [0.5, 0.6) is 0 Å². The van der Waals surface area contributed by atoms with E-state index < -0.39 is 6.10 Å². The minimum Gasteiger partial charge on any atom is -0.388 e. The van der Waals surface area contributed by atoms with Crippen LogP contribution < -0.4 is 5.56 Å². The average Bonchev–Trinajstić information content (AvgIpc) is 3.03. The lowest BCUT2D eigenvalue weighted by Crippen LogP contribution is -2.26. The van der Waals surface area contributed by atoms with Crippen molar-refractivity contribution in [3.05, 3.63) is 74.5 Å². The van der Waals surface area contributed by atoms with Crippen molar-refractivity contribution in [2.75, 3.05) is 0 Å². The quantitative estimate of drug-likeness (QED) is 0.749. The van der Waals surface area contributed by atoms with Crippen LogP contribution in [-0.4, -0.2) is 24.8 Å². The highest BCUT2D eigenvalue weighted by molar-refractivity contribution is 6.30. The third kappa shape index (κ3) is 3.94. The van der Waals surface area contributed by atoms with Gasteiger partial charge >= 0.3 is 0 Å². The second kappa shape index (κ2) is 7.16. The van der Waals surface area contributed by atoms with Crippen LogP contribution in [0.15, 0.2) is 39.8 Å². The Balaban J connectivity index is 1.74. The van der Waals surface area contributed by atoms with Gasteiger partial charge in [0.25, 0.3) is 5.56 Å². The van der Waals surface area contributed by atoms with Gasteiger partial charge in [0.15, 0.2) is 5.82 Å². The van der Waals surface area contributed by atoms with Gasteiger partial charge in [-0.15, -0.1) is 0 Å². The smallest absolute Gasteiger partial charge is 0.256 e. The summed E-state index contributed by atoms with van der Waals surface area (Å²) in [5.41, 5.74) is 1.11. The highest BCUT2D eigenvalue weighted by Crippen LogP contribution is 2.19. The molecule has 0 aliphatic rings. The van der Waals surface area contributed by atoms with E-state index in [1.54, 1.807) is 38.1 Å². The van der Waals surface area contributed by atoms with Gasteiger partial charge in [-0.05, 0) is 31.5 Å². The first-order valence-electron chi connectivity index (χ1n) is 7.72. The van der Waals surface area contributed by atoms with Crippen LogP contribution in [0.2, 0.25) is 5.02 Å². The van der Waals surface area contributed by atoms with Crippen molar-refractivity contribution in [1.29, 1.82) is 0 Å². The first-order chi connectivity index (χ1) is 11.9. The predicted octanol–water partition coefficient (Wildman–Crippen LogP) is 2.22. The average molecular weight is 361 g/mol. The topological polar surface area (TPSA) is 94.0 Å². The molecule has 0 spiro atoms. The van der Waals surface area contributed by atoms with Gasteiger partial charge in [0.2, 0.25) is 5.89 Å². The van der Waals surface area contributed by atoms with E-state index in [0.29, 0.717) is 27.8 Å². The number of aliphatic hydroxyl groups excluding tert-OH is 1. The van der Waals surface area contributed by atoms with Crippen LogP contribution in [0.1, 0.15) is 34.8 Å². The standard InChI is InChI=1S/C17H17ClN4O3/c1-10-8-19-11(2)22(17(10)24)9-16-20-15(21-25-16)7-14(23)12-3-5-13(18)6-4-12/h3-6,8,14,23H,7,9H2,1-2H3/t14-/m0/s1. The lowest BCUT2D eigenvalue weighted by molar-refractivity contribution is 0.174. The third-order valence-electron chi connectivity index (χ3n) is 3.85. The Labute approximate surface area is 148 Å². The van der Waals surface area contributed by atoms with Gasteiger partial charge in [-0.3, -0.25) is 9.36 Å². The maximum Gasteiger partial charge on any atom is 0.256 e. The largest absolute Gasteiger partial charge is 0.388 e. The summed E-state index contributed by atoms with van der Waals surface area (Å²) in [6, 6.07) is 6.91. The molecule has 3 aromatic rings. The zero-order valence-electron chi connectivity index (χ0n) is 13.8. The molecule has 2 aromatic heterocycles. The van der Waals surface area contributed by atoms with E-state index in [0.717, 1.165) is 0 Å². The van der Waals surface area contributed by atoms with Crippen molar-refractivity contribution in [1.82, 2.24) is 19.7 Å². The Bertz CT molecular complexity index is 934. The molecular formula is C17H17ClN4O3. The van der Waals surface area contributed by atoms with Gasteiger partial charge in [-0.25, -0.2) is 4.98 Å². The summed E-state index contributed by atoms with van der Waals surface area (Å²) >= 11 is 5.84. The second-order valence-corrected chi connectivity index (χ2v) is 6.19. The molecule has 0 amide bonds. The lowest BCUT2D eigenvalue weighted by atomic mass is 10.1. The molecule has 0 saturated carbocycles. The normalized spacial score (nSPS) is 12.3. The fraction of sp³-hybridized carbons (Fsp3) is 0.294. The number of aryl methyl sites for hydroxylation is 2. The number of hydrogen-bond donors (Lipinski definition) is 1. The summed E-state index contributed by atoms with van der Waals surface area (Å²) in [6.45, 7) is 3.58. The predicted molar refractivity (Wildman–Crippen MR) is 91.5 cm³/mol. The maximum atomic E-state index is 12.2. The Morgan fingerprint density at radius 3 is 2.72 bits per heavy atom. The molecule has 2 heterocycles. The van der Waals surface area contributed by atoms with Crippen LogP contribution in [0.4, 0.5) is 0 Å². The second-order valence-electron chi connectivity index (χ2n) is 5.76. The molecular weight excluding hydrogens is 344 g/mol. The summed E-state index contributed by atoms with van der Waals surface area (Å²) < 4.78 is 6.67. The highest BCUT2D eigenvalue weighted by Gasteiger charge is 2.15. The van der Waals surface area contributed by atoms with Gasteiger partial charge in [-0.1, -0.05) is 28.9 Å². The SMILES string of the molecule is Cc1cnc(C)n(Cc2nc(C[C@H](O)c3ccc(Cl)cc3)no2)c1=O. The summed E-state index contributed by atoms with van der Waals surface area (Å²) in [6.07, 6.45) is 0.967. The Hall–Kier alpha value is -2.51. The molecule has 0 radical (unpaired) electrons. The van der Waals surface area contributed by atoms with E-state index in [-0.39, 0.29) is 24.4 Å². The van der Waals surface area contributed by atoms with Crippen molar-refractivity contribution >= 4 is 11.6 Å². The molecule has 130 valence electrons. The van der Waals surface area contributed by atoms with E-state index in [2.05, 4.69) is 15.1 Å². The van der Waals surface area contributed by atoms with Crippen molar-refractivity contribution in [2.24, 2.45) is 0 Å². The van der Waals surface area contributed by atoms with Gasteiger partial charge in [-0.2, -0.15) is 4.98 Å². The molecule has 1 atom stereocenters. The first kappa shape index (κ1) is 17.3. The van der Waals surface area contributed by atoms with Gasteiger partial charge in [0.05, 0.1) is 6.10 Å². The first-order valence-corrected chi connectivity index (χ1v) is 8.10. The minimum atomic E-state index is -0.771. The summed E-state index contributed by atoms with van der Waals surface area (Å²) in [5.74, 6) is 1.22. The maximum absolute atomic E-state index is 12.2. The number of rotatable bonds is 5. The van der Waals surface area contributed by atoms with Crippen LogP contribution in [-0.2, 0) is 13.0 Å². The summed E-state index contributed by atoms with van der Waals surface area (Å²) in [5, 5.41) is 14.7. The van der Waals surface area contributed by atoms with Crippen LogP contribution in [0.25, 0.3) is 0 Å². The molecule has 0 fully saturated rings. The zero-order chi connectivity index (χ0) is 18.0. The molecule has 8 heteroatoms. The molecule has 0 aliphatic heterocycles. The van der Waals surface area contributed by atoms with E-state index in [4.69, 9.17) is 16.1 Å². The van der Waals surface area contributed by atoms with E-state index in [1.807, 2.05) is 0 Å². The number of hydrogen-bond acceptors (Lipinski definition) is 6. The summed E-state index contributed by atoms with van der Waals surface area (Å²) in [4.78, 5) is 20.6. The number of benzene rings is 1. The van der Waals surface area contributed by atoms with E-state index >= 15 is 0 Å². The summed E-state index contributed by atoms with van der Waals surface area (Å²) in [7, 11) is 0. The number of aliphatic hydroxyl groups is 1. The lowest BCUT2D eigenvalue weighted by Gasteiger charge is -2.08. The zero-order valence-corrected chi connectivity index (χ0v) is 14.6. The molecule has 1 N–H and O–H groups in total. The van der Waals surface area contributed by atoms with Gasteiger partial charge < -0.3 is 9.63 Å². The van der Waals surface area contributed by atoms with Crippen molar-refractivity contribution in [2.45, 2.75) is 32.9 Å². The number of halogens is 1. The number of aromatic nitrogens is 4. The highest BCUT2D eigenvalue weighted by atomic mass is 35.5. The van der Waals surface area contributed by atoms with Gasteiger partial charge in [0, 0.05) is 23.2 Å². The van der Waals surface area contributed by atoms with Crippen LogP contribution >= 0.6 is 11.6 Å². The van der Waals surface area contributed by atoms with Crippen molar-refractivity contribution in [3.63, 3.8) is 0 Å².